The van der Waals surface area contributed by atoms with Crippen LogP contribution in [-0.4, -0.2) is 6.61 Å². The zero-order valence-corrected chi connectivity index (χ0v) is 14.7. The molecule has 26 heavy (non-hydrogen) atoms. The van der Waals surface area contributed by atoms with Crippen LogP contribution in [0.3, 0.4) is 0 Å². The largest absolute Gasteiger partial charge is 0.494 e. The number of fused-ring (bicyclic) bond motifs is 1. The minimum atomic E-state index is -1.58. The average molecular weight is 344 g/mol. The van der Waals surface area contributed by atoms with Crippen LogP contribution in [0, 0.1) is 45.3 Å². The maximum atomic E-state index is 9.96. The molecule has 5 nitrogen and oxygen atoms in total. The highest BCUT2D eigenvalue weighted by Crippen LogP contribution is 2.56. The van der Waals surface area contributed by atoms with Crippen LogP contribution in [0.1, 0.15) is 37.7 Å². The van der Waals surface area contributed by atoms with Crippen LogP contribution in [0.2, 0.25) is 0 Å². The first-order chi connectivity index (χ1) is 12.6. The Balaban J connectivity index is 2.22. The Morgan fingerprint density at radius 3 is 2.46 bits per heavy atom. The molecule has 1 aromatic rings. The van der Waals surface area contributed by atoms with Crippen molar-refractivity contribution in [2.75, 3.05) is 6.61 Å². The summed E-state index contributed by atoms with van der Waals surface area (Å²) in [5.41, 5.74) is 6.81. The molecule has 0 spiro atoms. The van der Waals surface area contributed by atoms with Gasteiger partial charge < -0.3 is 10.5 Å². The fourth-order valence-corrected chi connectivity index (χ4v) is 4.22. The van der Waals surface area contributed by atoms with Gasteiger partial charge in [0.15, 0.2) is 5.41 Å². The molecule has 0 amide bonds. The monoisotopic (exact) mass is 344 g/mol. The molecule has 2 N–H and O–H groups in total. The molecule has 2 aliphatic carbocycles. The number of nitrogens with zero attached hydrogens (tertiary/aromatic N) is 3. The number of ether oxygens (including phenoxy) is 1. The standard InChI is InChI=1S/C21H20N4O/c1-2-26-15-9-7-14(8-10-15)19-16-5-3-4-6-17(16)20(25)18(11-22)21(19,12-23)13-24/h6-10,16,19H,2-5,25H2,1H3/t16-,19+/m1/s1. The molecular formula is C21H20N4O. The lowest BCUT2D eigenvalue weighted by atomic mass is 9.56. The van der Waals surface area contributed by atoms with E-state index in [4.69, 9.17) is 10.5 Å². The van der Waals surface area contributed by atoms with Gasteiger partial charge in [0.1, 0.15) is 5.75 Å². The highest BCUT2D eigenvalue weighted by Gasteiger charge is 2.54. The zero-order valence-electron chi connectivity index (χ0n) is 14.7. The fraction of sp³-hybridized carbons (Fsp3) is 0.381. The second kappa shape index (κ2) is 6.95. The van der Waals surface area contributed by atoms with Crippen molar-refractivity contribution in [2.45, 2.75) is 32.1 Å². The summed E-state index contributed by atoms with van der Waals surface area (Å²) in [7, 11) is 0. The van der Waals surface area contributed by atoms with Crippen LogP contribution in [0.4, 0.5) is 0 Å². The van der Waals surface area contributed by atoms with Crippen molar-refractivity contribution >= 4 is 0 Å². The van der Waals surface area contributed by atoms with Gasteiger partial charge in [-0.3, -0.25) is 0 Å². The Bertz CT molecular complexity index is 876. The van der Waals surface area contributed by atoms with Crippen LogP contribution >= 0.6 is 0 Å². The molecular weight excluding hydrogens is 324 g/mol. The van der Waals surface area contributed by atoms with Gasteiger partial charge in [0.05, 0.1) is 36.1 Å². The van der Waals surface area contributed by atoms with Crippen LogP contribution in [0.15, 0.2) is 47.2 Å². The molecule has 0 unspecified atom stereocenters. The third kappa shape index (κ3) is 2.52. The van der Waals surface area contributed by atoms with Crippen LogP contribution in [0.25, 0.3) is 0 Å². The average Bonchev–Trinajstić information content (AvgIpc) is 2.69. The van der Waals surface area contributed by atoms with Gasteiger partial charge in [-0.15, -0.1) is 0 Å². The Morgan fingerprint density at radius 1 is 1.19 bits per heavy atom. The SMILES string of the molecule is CCOc1ccc([C@H]2[C@@H]3CCCC=C3C(N)=C(C#N)C2(C#N)C#N)cc1. The van der Waals surface area contributed by atoms with Gasteiger partial charge in [-0.2, -0.15) is 15.8 Å². The quantitative estimate of drug-likeness (QED) is 0.900. The maximum Gasteiger partial charge on any atom is 0.187 e. The van der Waals surface area contributed by atoms with Crippen molar-refractivity contribution in [3.05, 3.63) is 52.7 Å². The summed E-state index contributed by atoms with van der Waals surface area (Å²) in [6.07, 6.45) is 4.77. The van der Waals surface area contributed by atoms with Gasteiger partial charge >= 0.3 is 0 Å². The van der Waals surface area contributed by atoms with E-state index in [9.17, 15) is 15.8 Å². The number of allylic oxidation sites excluding steroid dienone is 3. The highest BCUT2D eigenvalue weighted by atomic mass is 16.5. The summed E-state index contributed by atoms with van der Waals surface area (Å²) < 4.78 is 5.50. The summed E-state index contributed by atoms with van der Waals surface area (Å²) in [4.78, 5) is 0. The van der Waals surface area contributed by atoms with E-state index >= 15 is 0 Å². The zero-order chi connectivity index (χ0) is 18.7. The van der Waals surface area contributed by atoms with Crippen molar-refractivity contribution in [1.29, 1.82) is 15.8 Å². The normalized spacial score (nSPS) is 23.7. The van der Waals surface area contributed by atoms with E-state index in [-0.39, 0.29) is 11.5 Å². The molecule has 0 saturated heterocycles. The Hall–Kier alpha value is -3.23. The molecule has 0 aromatic heterocycles. The molecule has 0 bridgehead atoms. The number of rotatable bonds is 3. The lowest BCUT2D eigenvalue weighted by molar-refractivity contribution is 0.320. The van der Waals surface area contributed by atoms with Crippen molar-refractivity contribution in [1.82, 2.24) is 0 Å². The lowest BCUT2D eigenvalue weighted by Crippen LogP contribution is -2.41. The molecule has 0 saturated carbocycles. The van der Waals surface area contributed by atoms with Gasteiger partial charge in [-0.05, 0) is 55.4 Å². The Morgan fingerprint density at radius 2 is 1.88 bits per heavy atom. The van der Waals surface area contributed by atoms with E-state index in [1.54, 1.807) is 0 Å². The predicted octanol–water partition coefficient (Wildman–Crippen LogP) is 3.68. The van der Waals surface area contributed by atoms with Crippen molar-refractivity contribution in [3.63, 3.8) is 0 Å². The topological polar surface area (TPSA) is 107 Å². The van der Waals surface area contributed by atoms with Gasteiger partial charge in [0.25, 0.3) is 0 Å². The molecule has 5 heteroatoms. The van der Waals surface area contributed by atoms with E-state index < -0.39 is 11.3 Å². The van der Waals surface area contributed by atoms with Gasteiger partial charge in [0, 0.05) is 5.92 Å². The number of nitriles is 3. The van der Waals surface area contributed by atoms with Crippen LogP contribution in [-0.2, 0) is 0 Å². The third-order valence-corrected chi connectivity index (χ3v) is 5.34. The molecule has 0 fully saturated rings. The van der Waals surface area contributed by atoms with Crippen LogP contribution < -0.4 is 10.5 Å². The Kier molecular flexibility index (Phi) is 4.70. The molecule has 3 rings (SSSR count). The smallest absolute Gasteiger partial charge is 0.187 e. The predicted molar refractivity (Wildman–Crippen MR) is 96.3 cm³/mol. The number of nitrogens with two attached hydrogens (primary N) is 1. The molecule has 0 heterocycles. The summed E-state index contributed by atoms with van der Waals surface area (Å²) >= 11 is 0. The first kappa shape index (κ1) is 17.6. The van der Waals surface area contributed by atoms with E-state index in [1.807, 2.05) is 31.2 Å². The maximum absolute atomic E-state index is 9.96. The summed E-state index contributed by atoms with van der Waals surface area (Å²) in [6.45, 7) is 2.48. The summed E-state index contributed by atoms with van der Waals surface area (Å²) in [5.74, 6) is 0.265. The summed E-state index contributed by atoms with van der Waals surface area (Å²) in [6, 6.07) is 13.8. The van der Waals surface area contributed by atoms with Gasteiger partial charge in [0.2, 0.25) is 0 Å². The van der Waals surface area contributed by atoms with E-state index in [0.29, 0.717) is 12.3 Å². The second-order valence-electron chi connectivity index (χ2n) is 6.61. The Labute approximate surface area is 153 Å². The molecule has 1 aromatic carbocycles. The van der Waals surface area contributed by atoms with Crippen molar-refractivity contribution < 1.29 is 4.74 Å². The van der Waals surface area contributed by atoms with E-state index in [0.717, 1.165) is 36.1 Å². The van der Waals surface area contributed by atoms with E-state index in [1.165, 1.54) is 0 Å². The first-order valence-electron chi connectivity index (χ1n) is 8.79. The third-order valence-electron chi connectivity index (χ3n) is 5.34. The molecule has 0 radical (unpaired) electrons. The van der Waals surface area contributed by atoms with Gasteiger partial charge in [-0.25, -0.2) is 0 Å². The number of hydrogen-bond donors (Lipinski definition) is 1. The van der Waals surface area contributed by atoms with E-state index in [2.05, 4.69) is 24.3 Å². The van der Waals surface area contributed by atoms with Crippen LogP contribution in [0.5, 0.6) is 5.75 Å². The number of hydrogen-bond acceptors (Lipinski definition) is 5. The van der Waals surface area contributed by atoms with Crippen molar-refractivity contribution in [3.8, 4) is 24.0 Å². The second-order valence-corrected chi connectivity index (χ2v) is 6.61. The molecule has 130 valence electrons. The molecule has 2 atom stereocenters. The van der Waals surface area contributed by atoms with Gasteiger partial charge in [-0.1, -0.05) is 18.2 Å². The molecule has 0 aliphatic heterocycles. The van der Waals surface area contributed by atoms with Crippen molar-refractivity contribution in [2.24, 2.45) is 17.1 Å². The minimum Gasteiger partial charge on any atom is -0.494 e. The lowest BCUT2D eigenvalue weighted by Gasteiger charge is -2.43. The fourth-order valence-electron chi connectivity index (χ4n) is 4.22. The first-order valence-corrected chi connectivity index (χ1v) is 8.79. The minimum absolute atomic E-state index is 0.0434. The number of benzene rings is 1. The highest BCUT2D eigenvalue weighted by molar-refractivity contribution is 5.59. The summed E-state index contributed by atoms with van der Waals surface area (Å²) in [5, 5.41) is 29.6. The molecule has 2 aliphatic rings.